The highest BCUT2D eigenvalue weighted by atomic mass is 35.5. The summed E-state index contributed by atoms with van der Waals surface area (Å²) < 4.78 is 7.12. The minimum absolute atomic E-state index is 0.211. The summed E-state index contributed by atoms with van der Waals surface area (Å²) in [5.41, 5.74) is 1.42. The van der Waals surface area contributed by atoms with Crippen LogP contribution in [0.2, 0.25) is 5.15 Å². The summed E-state index contributed by atoms with van der Waals surface area (Å²) in [7, 11) is 1.89. The van der Waals surface area contributed by atoms with Crippen LogP contribution in [0.1, 0.15) is 29.7 Å². The van der Waals surface area contributed by atoms with Crippen LogP contribution in [0.15, 0.2) is 33.8 Å². The van der Waals surface area contributed by atoms with Gasteiger partial charge in [-0.2, -0.15) is 10.1 Å². The Labute approximate surface area is 129 Å². The SMILES string of the molecule is Cn1cc([C@@H]2C[C@H]2c2nc(-c3cc(Cl)[nH]c(=O)c3)no2)cn1. The zero-order valence-electron chi connectivity index (χ0n) is 11.7. The first-order chi connectivity index (χ1) is 10.6. The quantitative estimate of drug-likeness (QED) is 0.747. The molecule has 0 spiro atoms. The van der Waals surface area contributed by atoms with Gasteiger partial charge < -0.3 is 9.51 Å². The number of nitrogens with zero attached hydrogens (tertiary/aromatic N) is 4. The molecule has 1 saturated carbocycles. The van der Waals surface area contributed by atoms with E-state index in [-0.39, 0.29) is 16.6 Å². The third kappa shape index (κ3) is 2.33. The van der Waals surface area contributed by atoms with E-state index in [0.717, 1.165) is 6.42 Å². The predicted molar refractivity (Wildman–Crippen MR) is 78.7 cm³/mol. The second kappa shape index (κ2) is 4.81. The van der Waals surface area contributed by atoms with E-state index in [0.29, 0.717) is 23.2 Å². The van der Waals surface area contributed by atoms with Gasteiger partial charge in [0.15, 0.2) is 0 Å². The van der Waals surface area contributed by atoms with E-state index in [1.165, 1.54) is 11.6 Å². The molecule has 0 bridgehead atoms. The average molecular weight is 318 g/mol. The molecule has 3 aromatic heterocycles. The number of H-pyrrole nitrogens is 1. The maximum atomic E-state index is 11.4. The Hall–Kier alpha value is -2.41. The fourth-order valence-electron chi connectivity index (χ4n) is 2.61. The van der Waals surface area contributed by atoms with Crippen LogP contribution in [0.5, 0.6) is 0 Å². The van der Waals surface area contributed by atoms with E-state index in [1.807, 2.05) is 19.4 Å². The van der Waals surface area contributed by atoms with Crippen LogP contribution in [0, 0.1) is 0 Å². The van der Waals surface area contributed by atoms with Crippen molar-refractivity contribution in [1.29, 1.82) is 0 Å². The van der Waals surface area contributed by atoms with Gasteiger partial charge in [-0.25, -0.2) is 0 Å². The highest BCUT2D eigenvalue weighted by Crippen LogP contribution is 2.54. The molecule has 112 valence electrons. The molecule has 0 radical (unpaired) electrons. The van der Waals surface area contributed by atoms with Crippen molar-refractivity contribution in [3.8, 4) is 11.4 Å². The Morgan fingerprint density at radius 2 is 2.27 bits per heavy atom. The van der Waals surface area contributed by atoms with Crippen molar-refractivity contribution < 1.29 is 4.52 Å². The van der Waals surface area contributed by atoms with Gasteiger partial charge in [0.25, 0.3) is 0 Å². The number of aryl methyl sites for hydroxylation is 1. The van der Waals surface area contributed by atoms with Gasteiger partial charge in [0.05, 0.1) is 6.20 Å². The van der Waals surface area contributed by atoms with Crippen molar-refractivity contribution in [2.75, 3.05) is 0 Å². The van der Waals surface area contributed by atoms with Gasteiger partial charge in [0.2, 0.25) is 17.3 Å². The normalized spacial score (nSPS) is 20.3. The van der Waals surface area contributed by atoms with Gasteiger partial charge in [-0.3, -0.25) is 9.48 Å². The second-order valence-electron chi connectivity index (χ2n) is 5.43. The third-order valence-corrected chi connectivity index (χ3v) is 3.98. The molecule has 0 unspecified atom stereocenters. The highest BCUT2D eigenvalue weighted by Gasteiger charge is 2.44. The van der Waals surface area contributed by atoms with E-state index in [2.05, 4.69) is 20.2 Å². The van der Waals surface area contributed by atoms with Crippen molar-refractivity contribution in [2.45, 2.75) is 18.3 Å². The zero-order valence-corrected chi connectivity index (χ0v) is 12.4. The second-order valence-corrected chi connectivity index (χ2v) is 5.84. The topological polar surface area (TPSA) is 89.6 Å². The summed E-state index contributed by atoms with van der Waals surface area (Å²) in [6.07, 6.45) is 4.82. The fourth-order valence-corrected chi connectivity index (χ4v) is 2.82. The Kier molecular flexibility index (Phi) is 2.90. The van der Waals surface area contributed by atoms with Crippen molar-refractivity contribution in [1.82, 2.24) is 24.9 Å². The van der Waals surface area contributed by atoms with Gasteiger partial charge in [-0.05, 0) is 24.0 Å². The summed E-state index contributed by atoms with van der Waals surface area (Å²) >= 11 is 5.84. The van der Waals surface area contributed by atoms with Crippen molar-refractivity contribution in [2.24, 2.45) is 7.05 Å². The van der Waals surface area contributed by atoms with Crippen molar-refractivity contribution in [3.63, 3.8) is 0 Å². The Morgan fingerprint density at radius 3 is 3.00 bits per heavy atom. The lowest BCUT2D eigenvalue weighted by molar-refractivity contribution is 0.378. The first-order valence-corrected chi connectivity index (χ1v) is 7.20. The largest absolute Gasteiger partial charge is 0.339 e. The first-order valence-electron chi connectivity index (χ1n) is 6.82. The molecule has 8 heteroatoms. The van der Waals surface area contributed by atoms with E-state index < -0.39 is 0 Å². The van der Waals surface area contributed by atoms with Crippen LogP contribution in [-0.2, 0) is 7.05 Å². The van der Waals surface area contributed by atoms with Gasteiger partial charge in [0, 0.05) is 30.8 Å². The Bertz CT molecular complexity index is 897. The van der Waals surface area contributed by atoms with Gasteiger partial charge in [-0.15, -0.1) is 0 Å². The molecule has 3 heterocycles. The number of aromatic nitrogens is 5. The van der Waals surface area contributed by atoms with Crippen LogP contribution >= 0.6 is 11.6 Å². The minimum Gasteiger partial charge on any atom is -0.339 e. The molecule has 7 nitrogen and oxygen atoms in total. The average Bonchev–Trinajstić information content (AvgIpc) is 2.92. The highest BCUT2D eigenvalue weighted by molar-refractivity contribution is 6.29. The molecule has 3 aromatic rings. The number of nitrogens with one attached hydrogen (secondary N) is 1. The van der Waals surface area contributed by atoms with Crippen LogP contribution in [0.25, 0.3) is 11.4 Å². The fraction of sp³-hybridized carbons (Fsp3) is 0.286. The van der Waals surface area contributed by atoms with Crippen LogP contribution in [0.4, 0.5) is 0 Å². The van der Waals surface area contributed by atoms with Gasteiger partial charge >= 0.3 is 0 Å². The molecule has 0 aromatic carbocycles. The summed E-state index contributed by atoms with van der Waals surface area (Å²) in [6.45, 7) is 0. The predicted octanol–water partition coefficient (Wildman–Crippen LogP) is 2.08. The number of aromatic amines is 1. The molecule has 0 saturated heterocycles. The van der Waals surface area contributed by atoms with Gasteiger partial charge in [0.1, 0.15) is 5.15 Å². The molecule has 22 heavy (non-hydrogen) atoms. The summed E-state index contributed by atoms with van der Waals surface area (Å²) in [4.78, 5) is 18.3. The zero-order chi connectivity index (χ0) is 15.3. The molecule has 2 atom stereocenters. The van der Waals surface area contributed by atoms with Crippen LogP contribution in [-0.4, -0.2) is 24.9 Å². The van der Waals surface area contributed by atoms with E-state index in [9.17, 15) is 4.79 Å². The minimum atomic E-state index is -0.298. The summed E-state index contributed by atoms with van der Waals surface area (Å²) in [6, 6.07) is 3.00. The number of rotatable bonds is 3. The molecule has 4 rings (SSSR count). The Morgan fingerprint density at radius 1 is 1.41 bits per heavy atom. The lowest BCUT2D eigenvalue weighted by atomic mass is 10.2. The van der Waals surface area contributed by atoms with Gasteiger partial charge in [-0.1, -0.05) is 16.8 Å². The van der Waals surface area contributed by atoms with E-state index in [4.69, 9.17) is 16.1 Å². The number of halogens is 1. The number of hydrogen-bond acceptors (Lipinski definition) is 5. The molecular weight excluding hydrogens is 306 g/mol. The van der Waals surface area contributed by atoms with Crippen molar-refractivity contribution >= 4 is 11.6 Å². The monoisotopic (exact) mass is 317 g/mol. The van der Waals surface area contributed by atoms with Crippen LogP contribution < -0.4 is 5.56 Å². The molecule has 1 N–H and O–H groups in total. The van der Waals surface area contributed by atoms with Crippen molar-refractivity contribution in [3.05, 3.63) is 51.5 Å². The molecule has 0 aliphatic heterocycles. The maximum Gasteiger partial charge on any atom is 0.249 e. The maximum absolute atomic E-state index is 11.4. The smallest absolute Gasteiger partial charge is 0.249 e. The lowest BCUT2D eigenvalue weighted by Crippen LogP contribution is -2.04. The van der Waals surface area contributed by atoms with E-state index in [1.54, 1.807) is 10.7 Å². The molecular formula is C14H12ClN5O2. The van der Waals surface area contributed by atoms with Crippen LogP contribution in [0.3, 0.4) is 0 Å². The lowest BCUT2D eigenvalue weighted by Gasteiger charge is -1.94. The molecule has 1 aliphatic carbocycles. The number of hydrogen-bond donors (Lipinski definition) is 1. The van der Waals surface area contributed by atoms with E-state index >= 15 is 0 Å². The Balaban J connectivity index is 1.59. The number of pyridine rings is 1. The summed E-state index contributed by atoms with van der Waals surface area (Å²) in [5.74, 6) is 1.53. The standard InChI is InChI=1S/C14H12ClN5O2/c1-20-6-8(5-16-20)9-4-10(9)14-18-13(19-22-14)7-2-11(15)17-12(21)3-7/h2-3,5-6,9-10H,4H2,1H3,(H,17,21)/t9-,10+/m0/s1. The molecule has 0 amide bonds. The molecule has 1 fully saturated rings. The third-order valence-electron chi connectivity index (χ3n) is 3.77. The first kappa shape index (κ1) is 13.3. The summed E-state index contributed by atoms with van der Waals surface area (Å²) in [5, 5.41) is 8.36. The molecule has 1 aliphatic rings.